The molecule has 0 atom stereocenters. The van der Waals surface area contributed by atoms with E-state index in [-0.39, 0.29) is 5.97 Å². The van der Waals surface area contributed by atoms with Gasteiger partial charge in [0.1, 0.15) is 5.75 Å². The highest BCUT2D eigenvalue weighted by Gasteiger charge is 2.26. The molecule has 0 unspecified atom stereocenters. The summed E-state index contributed by atoms with van der Waals surface area (Å²) in [6.45, 7) is 3.20. The average molecular weight is 541 g/mol. The number of benzene rings is 5. The number of aryl methyl sites for hydroxylation is 2. The van der Waals surface area contributed by atoms with Gasteiger partial charge in [-0.15, -0.1) is 0 Å². The molecule has 5 heteroatoms. The van der Waals surface area contributed by atoms with E-state index in [2.05, 4.69) is 65.3 Å². The molecule has 0 radical (unpaired) electrons. The first kappa shape index (κ1) is 26.2. The number of para-hydroxylation sites is 1. The molecule has 41 heavy (non-hydrogen) atoms. The number of aromatic nitrogens is 1. The number of methoxy groups -OCH3 is 1. The molecule has 1 aromatic heterocycles. The molecule has 1 N–H and O–H groups in total. The van der Waals surface area contributed by atoms with Gasteiger partial charge < -0.3 is 19.4 Å². The normalized spacial score (nSPS) is 11.1. The van der Waals surface area contributed by atoms with Crippen LogP contribution in [0.5, 0.6) is 5.75 Å². The number of esters is 1. The molecule has 6 aromatic rings. The third kappa shape index (κ3) is 5.14. The summed E-state index contributed by atoms with van der Waals surface area (Å²) < 4.78 is 13.7. The highest BCUT2D eigenvalue weighted by atomic mass is 16.5. The zero-order valence-electron chi connectivity index (χ0n) is 23.3. The van der Waals surface area contributed by atoms with Crippen LogP contribution in [0.3, 0.4) is 0 Å². The summed E-state index contributed by atoms with van der Waals surface area (Å²) in [6, 6.07) is 38.8. The van der Waals surface area contributed by atoms with Crippen molar-refractivity contribution < 1.29 is 14.3 Å². The third-order valence-corrected chi connectivity index (χ3v) is 7.48. The number of nitrogens with zero attached hydrogens (tertiary/aromatic N) is 1. The zero-order valence-corrected chi connectivity index (χ0v) is 23.3. The van der Waals surface area contributed by atoms with E-state index in [1.807, 2.05) is 66.7 Å². The van der Waals surface area contributed by atoms with Crippen molar-refractivity contribution in [1.29, 1.82) is 0 Å². The first-order valence-corrected chi connectivity index (χ1v) is 13.9. The summed E-state index contributed by atoms with van der Waals surface area (Å²) in [7, 11) is 1.43. The topological polar surface area (TPSA) is 52.5 Å². The van der Waals surface area contributed by atoms with Gasteiger partial charge >= 0.3 is 5.97 Å². The minimum Gasteiger partial charge on any atom is -0.493 e. The molecule has 0 aliphatic heterocycles. The van der Waals surface area contributed by atoms with Crippen LogP contribution >= 0.6 is 0 Å². The minimum atomic E-state index is -0.384. The Morgan fingerprint density at radius 3 is 2.32 bits per heavy atom. The van der Waals surface area contributed by atoms with Crippen molar-refractivity contribution in [3.8, 4) is 16.9 Å². The highest BCUT2D eigenvalue weighted by molar-refractivity contribution is 6.13. The van der Waals surface area contributed by atoms with Crippen molar-refractivity contribution in [2.45, 2.75) is 19.9 Å². The zero-order chi connectivity index (χ0) is 28.2. The maximum atomic E-state index is 13.4. The summed E-state index contributed by atoms with van der Waals surface area (Å²) >= 11 is 0. The Bertz CT molecular complexity index is 1830. The number of nitrogens with one attached hydrogen (secondary N) is 1. The van der Waals surface area contributed by atoms with Crippen LogP contribution in [-0.4, -0.2) is 24.3 Å². The van der Waals surface area contributed by atoms with Gasteiger partial charge in [-0.25, -0.2) is 4.79 Å². The second-order valence-corrected chi connectivity index (χ2v) is 10.1. The van der Waals surface area contributed by atoms with Crippen LogP contribution in [0.2, 0.25) is 0 Å². The van der Waals surface area contributed by atoms with Gasteiger partial charge in [-0.2, -0.15) is 0 Å². The van der Waals surface area contributed by atoms with Gasteiger partial charge in [-0.1, -0.05) is 91.0 Å². The molecule has 5 aromatic carbocycles. The molecule has 0 spiro atoms. The Labute approximate surface area is 240 Å². The van der Waals surface area contributed by atoms with E-state index >= 15 is 0 Å². The molecule has 0 bridgehead atoms. The van der Waals surface area contributed by atoms with E-state index in [9.17, 15) is 4.79 Å². The van der Waals surface area contributed by atoms with Gasteiger partial charge in [0, 0.05) is 23.0 Å². The van der Waals surface area contributed by atoms with Crippen LogP contribution in [-0.2, 0) is 11.3 Å². The molecule has 1 heterocycles. The molecule has 0 aliphatic carbocycles. The lowest BCUT2D eigenvalue weighted by Gasteiger charge is -2.13. The Morgan fingerprint density at radius 2 is 1.49 bits per heavy atom. The average Bonchev–Trinajstić information content (AvgIpc) is 3.32. The van der Waals surface area contributed by atoms with Crippen LogP contribution < -0.4 is 10.1 Å². The molecule has 0 fully saturated rings. The van der Waals surface area contributed by atoms with E-state index in [0.717, 1.165) is 49.9 Å². The smallest absolute Gasteiger partial charge is 0.356 e. The maximum absolute atomic E-state index is 13.4. The molecule has 204 valence electrons. The van der Waals surface area contributed by atoms with Gasteiger partial charge in [-0.3, -0.25) is 0 Å². The van der Waals surface area contributed by atoms with Crippen LogP contribution in [0.25, 0.3) is 32.8 Å². The number of rotatable bonds is 9. The molecule has 0 saturated heterocycles. The lowest BCUT2D eigenvalue weighted by molar-refractivity contribution is 0.0589. The monoisotopic (exact) mass is 540 g/mol. The number of hydrogen-bond donors (Lipinski definition) is 1. The maximum Gasteiger partial charge on any atom is 0.356 e. The lowest BCUT2D eigenvalue weighted by atomic mass is 9.96. The van der Waals surface area contributed by atoms with Crippen molar-refractivity contribution in [2.75, 3.05) is 19.0 Å². The summed E-state index contributed by atoms with van der Waals surface area (Å²) in [4.78, 5) is 13.4. The standard InChI is InChI=1S/C36H32N2O3/c1-25-13-6-8-18-28(25)30-20-11-21-31-33(30)34(37-27-16-4-3-5-17-27)35(36(39)40-2)38(31)23-12-24-41-32-22-10-15-26-14-7-9-19-29(26)32/h3-11,13-22,37H,12,23-24H2,1-2H3. The van der Waals surface area contributed by atoms with E-state index in [1.54, 1.807) is 0 Å². The Balaban J connectivity index is 1.42. The number of hydrogen-bond acceptors (Lipinski definition) is 4. The molecule has 6 rings (SSSR count). The lowest BCUT2D eigenvalue weighted by Crippen LogP contribution is -2.14. The fourth-order valence-electron chi connectivity index (χ4n) is 5.56. The van der Waals surface area contributed by atoms with Gasteiger partial charge in [0.15, 0.2) is 5.69 Å². The first-order chi connectivity index (χ1) is 20.2. The van der Waals surface area contributed by atoms with Gasteiger partial charge in [0.25, 0.3) is 0 Å². The first-order valence-electron chi connectivity index (χ1n) is 13.9. The van der Waals surface area contributed by atoms with E-state index in [1.165, 1.54) is 12.7 Å². The number of carbonyl (C=O) groups is 1. The van der Waals surface area contributed by atoms with E-state index in [0.29, 0.717) is 25.3 Å². The summed E-state index contributed by atoms with van der Waals surface area (Å²) in [5.74, 6) is 0.479. The number of carbonyl (C=O) groups excluding carboxylic acids is 1. The third-order valence-electron chi connectivity index (χ3n) is 7.48. The van der Waals surface area contributed by atoms with Crippen molar-refractivity contribution >= 4 is 39.0 Å². The molecule has 0 aliphatic rings. The number of fused-ring (bicyclic) bond motifs is 2. The van der Waals surface area contributed by atoms with E-state index < -0.39 is 0 Å². The number of anilines is 2. The van der Waals surface area contributed by atoms with E-state index in [4.69, 9.17) is 9.47 Å². The van der Waals surface area contributed by atoms with Crippen LogP contribution in [0.4, 0.5) is 11.4 Å². The van der Waals surface area contributed by atoms with Gasteiger partial charge in [0.2, 0.25) is 0 Å². The molecule has 5 nitrogen and oxygen atoms in total. The largest absolute Gasteiger partial charge is 0.493 e. The van der Waals surface area contributed by atoms with Gasteiger partial charge in [0.05, 0.1) is 24.9 Å². The second-order valence-electron chi connectivity index (χ2n) is 10.1. The summed E-state index contributed by atoms with van der Waals surface area (Å²) in [5.41, 5.74) is 6.47. The predicted molar refractivity (Wildman–Crippen MR) is 167 cm³/mol. The van der Waals surface area contributed by atoms with Crippen molar-refractivity contribution in [3.63, 3.8) is 0 Å². The molecular weight excluding hydrogens is 508 g/mol. The van der Waals surface area contributed by atoms with Crippen LogP contribution in [0.15, 0.2) is 115 Å². The fraction of sp³-hybridized carbons (Fsp3) is 0.139. The number of ether oxygens (including phenoxy) is 2. The van der Waals surface area contributed by atoms with Crippen LogP contribution in [0.1, 0.15) is 22.5 Å². The van der Waals surface area contributed by atoms with Crippen molar-refractivity contribution in [2.24, 2.45) is 0 Å². The quantitative estimate of drug-likeness (QED) is 0.147. The van der Waals surface area contributed by atoms with Crippen molar-refractivity contribution in [1.82, 2.24) is 4.57 Å². The summed E-state index contributed by atoms with van der Waals surface area (Å²) in [6.07, 6.45) is 0.705. The summed E-state index contributed by atoms with van der Waals surface area (Å²) in [5, 5.41) is 6.79. The van der Waals surface area contributed by atoms with Gasteiger partial charge in [-0.05, 0) is 59.7 Å². The second kappa shape index (κ2) is 11.6. The fourth-order valence-corrected chi connectivity index (χ4v) is 5.56. The molecular formula is C36H32N2O3. The van der Waals surface area contributed by atoms with Crippen LogP contribution in [0, 0.1) is 6.92 Å². The Kier molecular flexibility index (Phi) is 7.42. The predicted octanol–water partition coefficient (Wildman–Crippen LogP) is 8.77. The molecule has 0 amide bonds. The Morgan fingerprint density at radius 1 is 0.780 bits per heavy atom. The Hall–Kier alpha value is -5.03. The van der Waals surface area contributed by atoms with Crippen molar-refractivity contribution in [3.05, 3.63) is 127 Å². The molecule has 0 saturated carbocycles. The SMILES string of the molecule is COC(=O)c1c(Nc2ccccc2)c2c(-c3ccccc3C)cccc2n1CCCOc1cccc2ccccc12. The highest BCUT2D eigenvalue weighted by Crippen LogP contribution is 2.41. The minimum absolute atomic E-state index is 0.384.